The molecule has 5 aliphatic carbocycles. The highest BCUT2D eigenvalue weighted by molar-refractivity contribution is 7.91. The molecule has 1 heterocycles. The van der Waals surface area contributed by atoms with Gasteiger partial charge >= 0.3 is 5.97 Å². The van der Waals surface area contributed by atoms with Crippen LogP contribution < -0.4 is 5.32 Å². The number of halogens is 1. The van der Waals surface area contributed by atoms with Crippen LogP contribution in [-0.2, 0) is 14.6 Å². The summed E-state index contributed by atoms with van der Waals surface area (Å²) in [4.78, 5) is 14.4. The molecule has 2 N–H and O–H groups in total. The molecule has 0 unspecified atom stereocenters. The van der Waals surface area contributed by atoms with E-state index in [0.717, 1.165) is 37.8 Å². The third-order valence-electron chi connectivity index (χ3n) is 17.2. The third-order valence-corrected chi connectivity index (χ3v) is 18.8. The standard InChI is InChI=1S/C44H73FN2O4S/c1-8-9-10-36(32-13-18-43(30-45,19-14-32)39(48)49)40(4,5)33-15-17-41(6)34(29-33)11-12-37-38-35(31(2)3)16-20-44(38,22-21-42(37,41)7)46-23-24-47-25-27-52(50,51)28-26-47/h10,13,31,33-35,37-38,46H,8-9,11-12,14-30H2,1-7H3,(H,48,49)/b36-10-/t33-,34-,35+,37-,38-,41-,42-,43-,44+/m1/s1. The lowest BCUT2D eigenvalue weighted by molar-refractivity contribution is -0.179. The number of carbonyl (C=O) groups is 1. The number of sulfone groups is 1. The maximum atomic E-state index is 14.0. The third kappa shape index (κ3) is 7.03. The van der Waals surface area contributed by atoms with E-state index in [1.807, 2.05) is 0 Å². The van der Waals surface area contributed by atoms with E-state index in [2.05, 4.69) is 70.8 Å². The molecular formula is C44H73FN2O4S. The molecule has 0 spiro atoms. The molecule has 1 aliphatic heterocycles. The molecule has 8 heteroatoms. The maximum absolute atomic E-state index is 14.0. The van der Waals surface area contributed by atoms with E-state index in [-0.39, 0.29) is 17.4 Å². The van der Waals surface area contributed by atoms with Crippen molar-refractivity contribution in [2.24, 2.45) is 57.2 Å². The SMILES string of the molecule is CCC/C=C(/C1=CC[C@@](CF)(C(=O)O)CC1)C(C)(C)[C@@H]1CC[C@]2(C)[C@H](CC[C@@H]3[C@H]4[C@H](C(C)C)CC[C@]4(NCCN4CCS(=O)(=O)CC4)CC[C@]32C)C1. The second-order valence-corrected chi connectivity index (χ2v) is 22.3. The summed E-state index contributed by atoms with van der Waals surface area (Å²) < 4.78 is 38.1. The number of rotatable bonds is 12. The van der Waals surface area contributed by atoms with Crippen LogP contribution in [0.3, 0.4) is 0 Å². The second-order valence-electron chi connectivity index (χ2n) is 20.0. The summed E-state index contributed by atoms with van der Waals surface area (Å²) in [6.07, 6.45) is 19.5. The van der Waals surface area contributed by atoms with E-state index in [1.54, 1.807) is 0 Å². The van der Waals surface area contributed by atoms with Gasteiger partial charge in [0, 0.05) is 31.7 Å². The molecule has 0 radical (unpaired) electrons. The number of nitrogens with one attached hydrogen (secondary N) is 1. The van der Waals surface area contributed by atoms with Crippen LogP contribution in [0.2, 0.25) is 0 Å². The number of hydrogen-bond acceptors (Lipinski definition) is 5. The summed E-state index contributed by atoms with van der Waals surface area (Å²) in [6, 6.07) is 0. The van der Waals surface area contributed by atoms with Crippen LogP contribution in [0.15, 0.2) is 23.3 Å². The van der Waals surface area contributed by atoms with E-state index in [4.69, 9.17) is 0 Å². The fourth-order valence-corrected chi connectivity index (χ4v) is 14.6. The van der Waals surface area contributed by atoms with E-state index in [9.17, 15) is 22.7 Å². The largest absolute Gasteiger partial charge is 0.481 e. The summed E-state index contributed by atoms with van der Waals surface area (Å²) in [5, 5.41) is 14.1. The van der Waals surface area contributed by atoms with Gasteiger partial charge in [-0.05, 0) is 146 Å². The Morgan fingerprint density at radius 2 is 1.79 bits per heavy atom. The molecule has 6 nitrogen and oxygen atoms in total. The van der Waals surface area contributed by atoms with Gasteiger partial charge in [-0.2, -0.15) is 0 Å². The predicted octanol–water partition coefficient (Wildman–Crippen LogP) is 9.26. The molecule has 296 valence electrons. The summed E-state index contributed by atoms with van der Waals surface area (Å²) in [7, 11) is -2.86. The molecular weight excluding hydrogens is 672 g/mol. The van der Waals surface area contributed by atoms with Gasteiger partial charge in [0.15, 0.2) is 9.84 Å². The number of allylic oxidation sites excluding steroid dienone is 4. The van der Waals surface area contributed by atoms with Crippen LogP contribution in [-0.4, -0.2) is 74.3 Å². The van der Waals surface area contributed by atoms with Gasteiger partial charge < -0.3 is 15.3 Å². The Labute approximate surface area is 316 Å². The number of unbranched alkanes of at least 4 members (excludes halogenated alkanes) is 1. The minimum Gasteiger partial charge on any atom is -0.481 e. The molecule has 1 saturated heterocycles. The van der Waals surface area contributed by atoms with Crippen LogP contribution in [0.4, 0.5) is 4.39 Å². The molecule has 0 aromatic heterocycles. The topological polar surface area (TPSA) is 86.7 Å². The van der Waals surface area contributed by atoms with Crippen LogP contribution >= 0.6 is 0 Å². The van der Waals surface area contributed by atoms with Crippen molar-refractivity contribution in [3.63, 3.8) is 0 Å². The normalized spacial score (nSPS) is 41.2. The average Bonchev–Trinajstić information content (AvgIpc) is 3.49. The van der Waals surface area contributed by atoms with E-state index >= 15 is 0 Å². The molecule has 0 amide bonds. The minimum atomic E-state index is -2.86. The zero-order chi connectivity index (χ0) is 37.7. The molecule has 6 rings (SSSR count). The number of carboxylic acid groups (broad SMARTS) is 1. The lowest BCUT2D eigenvalue weighted by Gasteiger charge is -2.68. The van der Waals surface area contributed by atoms with Crippen molar-refractivity contribution in [2.75, 3.05) is 44.4 Å². The second kappa shape index (κ2) is 15.0. The molecule has 4 saturated carbocycles. The molecule has 52 heavy (non-hydrogen) atoms. The lowest BCUT2D eigenvalue weighted by atomic mass is 9.37. The van der Waals surface area contributed by atoms with Gasteiger partial charge in [0.2, 0.25) is 0 Å². The minimum absolute atomic E-state index is 0.0165. The van der Waals surface area contributed by atoms with Crippen molar-refractivity contribution in [3.8, 4) is 0 Å². The number of aliphatic carboxylic acids is 1. The summed E-state index contributed by atoms with van der Waals surface area (Å²) in [5.41, 5.74) is 2.25. The van der Waals surface area contributed by atoms with Gasteiger partial charge in [-0.25, -0.2) is 12.8 Å². The van der Waals surface area contributed by atoms with Crippen LogP contribution in [0.5, 0.6) is 0 Å². The van der Waals surface area contributed by atoms with Crippen LogP contribution in [0.1, 0.15) is 138 Å². The van der Waals surface area contributed by atoms with Crippen LogP contribution in [0, 0.1) is 57.2 Å². The molecule has 6 aliphatic rings. The molecule has 0 aromatic carbocycles. The number of nitrogens with zero attached hydrogens (tertiary/aromatic N) is 1. The van der Waals surface area contributed by atoms with Crippen molar-refractivity contribution in [1.29, 1.82) is 0 Å². The van der Waals surface area contributed by atoms with Crippen molar-refractivity contribution in [3.05, 3.63) is 23.3 Å². The maximum Gasteiger partial charge on any atom is 0.312 e. The van der Waals surface area contributed by atoms with Gasteiger partial charge in [-0.15, -0.1) is 0 Å². The van der Waals surface area contributed by atoms with Crippen molar-refractivity contribution >= 4 is 15.8 Å². The van der Waals surface area contributed by atoms with Crippen molar-refractivity contribution in [1.82, 2.24) is 10.2 Å². The zero-order valence-electron chi connectivity index (χ0n) is 33.9. The molecule has 9 atom stereocenters. The zero-order valence-corrected chi connectivity index (χ0v) is 34.7. The fraction of sp³-hybridized carbons (Fsp3) is 0.886. The van der Waals surface area contributed by atoms with Gasteiger partial charge in [-0.1, -0.05) is 67.0 Å². The number of hydrogen-bond donors (Lipinski definition) is 2. The van der Waals surface area contributed by atoms with Gasteiger partial charge in [0.25, 0.3) is 0 Å². The first kappa shape index (κ1) is 40.4. The average molecular weight is 745 g/mol. The highest BCUT2D eigenvalue weighted by Crippen LogP contribution is 2.72. The van der Waals surface area contributed by atoms with Crippen LogP contribution in [0.25, 0.3) is 0 Å². The first-order valence-electron chi connectivity index (χ1n) is 21.3. The molecule has 0 bridgehead atoms. The quantitative estimate of drug-likeness (QED) is 0.207. The Morgan fingerprint density at radius 1 is 1.06 bits per heavy atom. The number of fused-ring (bicyclic) bond motifs is 5. The van der Waals surface area contributed by atoms with Gasteiger partial charge in [-0.3, -0.25) is 4.79 Å². The Kier molecular flexibility index (Phi) is 11.7. The van der Waals surface area contributed by atoms with Gasteiger partial charge in [0.05, 0.1) is 16.9 Å². The summed E-state index contributed by atoms with van der Waals surface area (Å²) >= 11 is 0. The fourth-order valence-electron chi connectivity index (χ4n) is 13.4. The Balaban J connectivity index is 1.19. The first-order chi connectivity index (χ1) is 24.5. The number of alkyl halides is 1. The highest BCUT2D eigenvalue weighted by Gasteiger charge is 2.67. The number of carboxylic acids is 1. The summed E-state index contributed by atoms with van der Waals surface area (Å²) in [6.45, 7) is 19.9. The predicted molar refractivity (Wildman–Crippen MR) is 211 cm³/mol. The highest BCUT2D eigenvalue weighted by atomic mass is 32.2. The van der Waals surface area contributed by atoms with Gasteiger partial charge in [0.1, 0.15) is 6.67 Å². The van der Waals surface area contributed by atoms with Crippen molar-refractivity contribution in [2.45, 2.75) is 144 Å². The van der Waals surface area contributed by atoms with Crippen molar-refractivity contribution < 1.29 is 22.7 Å². The monoisotopic (exact) mass is 745 g/mol. The van der Waals surface area contributed by atoms with E-state index < -0.39 is 27.9 Å². The Morgan fingerprint density at radius 3 is 2.40 bits per heavy atom. The molecule has 5 fully saturated rings. The molecule has 0 aromatic rings. The summed E-state index contributed by atoms with van der Waals surface area (Å²) in [5.74, 6) is 3.75. The lowest BCUT2D eigenvalue weighted by Crippen LogP contribution is -2.65. The first-order valence-corrected chi connectivity index (χ1v) is 23.2. The Hall–Kier alpha value is -1.25. The van der Waals surface area contributed by atoms with E-state index in [1.165, 1.54) is 68.9 Å². The smallest absolute Gasteiger partial charge is 0.312 e. The Bertz CT molecular complexity index is 1480. The van der Waals surface area contributed by atoms with E-state index in [0.29, 0.717) is 71.9 Å².